The second-order valence-corrected chi connectivity index (χ2v) is 6.91. The summed E-state index contributed by atoms with van der Waals surface area (Å²) in [7, 11) is 0. The van der Waals surface area contributed by atoms with Gasteiger partial charge in [0.15, 0.2) is 11.6 Å². The molecule has 29 heavy (non-hydrogen) atoms. The van der Waals surface area contributed by atoms with E-state index in [2.05, 4.69) is 0 Å². The highest BCUT2D eigenvalue weighted by Gasteiger charge is 2.33. The predicted molar refractivity (Wildman–Crippen MR) is 114 cm³/mol. The second-order valence-electron chi connectivity index (χ2n) is 6.91. The summed E-state index contributed by atoms with van der Waals surface area (Å²) in [6.07, 6.45) is 0. The lowest BCUT2D eigenvalue weighted by atomic mass is 9.83. The zero-order valence-corrected chi connectivity index (χ0v) is 15.6. The van der Waals surface area contributed by atoms with E-state index in [-0.39, 0.29) is 11.6 Å². The van der Waals surface area contributed by atoms with Crippen LogP contribution >= 0.6 is 0 Å². The van der Waals surface area contributed by atoms with Crippen LogP contribution in [-0.4, -0.2) is 11.6 Å². The Bertz CT molecular complexity index is 1190. The summed E-state index contributed by atoms with van der Waals surface area (Å²) in [5.41, 5.74) is 4.36. The Labute approximate surface area is 168 Å². The van der Waals surface area contributed by atoms with Gasteiger partial charge < -0.3 is 4.90 Å². The lowest BCUT2D eigenvalue weighted by Gasteiger charge is -2.29. The van der Waals surface area contributed by atoms with Gasteiger partial charge >= 0.3 is 0 Å². The molecule has 0 N–H and O–H groups in total. The standard InChI is InChI=1S/C26H17NO2/c28-25-20-14-7-8-15-21(20)26(29)24-22(25)16-9-17-23(24)27(18-10-3-1-4-11-18)19-12-5-2-6-13-19/h1-17H. The van der Waals surface area contributed by atoms with Gasteiger partial charge in [0.25, 0.3) is 0 Å². The fourth-order valence-corrected chi connectivity index (χ4v) is 3.89. The zero-order valence-electron chi connectivity index (χ0n) is 15.6. The van der Waals surface area contributed by atoms with Crippen molar-refractivity contribution in [1.29, 1.82) is 0 Å². The summed E-state index contributed by atoms with van der Waals surface area (Å²) in [5.74, 6) is -0.235. The number of hydrogen-bond donors (Lipinski definition) is 0. The molecule has 1 aliphatic carbocycles. The van der Waals surface area contributed by atoms with Crippen LogP contribution in [0.4, 0.5) is 17.1 Å². The number of carbonyl (C=O) groups excluding carboxylic acids is 2. The minimum absolute atomic E-state index is 0.113. The molecule has 0 unspecified atom stereocenters. The molecule has 0 heterocycles. The molecule has 3 nitrogen and oxygen atoms in total. The average molecular weight is 375 g/mol. The number of carbonyl (C=O) groups is 2. The summed E-state index contributed by atoms with van der Waals surface area (Å²) in [4.78, 5) is 28.6. The fourth-order valence-electron chi connectivity index (χ4n) is 3.89. The molecule has 4 aromatic rings. The van der Waals surface area contributed by atoms with Gasteiger partial charge in [0.2, 0.25) is 0 Å². The maximum atomic E-state index is 13.5. The number of benzene rings is 4. The maximum Gasteiger partial charge on any atom is 0.196 e. The number of para-hydroxylation sites is 2. The van der Waals surface area contributed by atoms with Crippen LogP contribution in [0, 0.1) is 0 Å². The summed E-state index contributed by atoms with van der Waals surface area (Å²) < 4.78 is 0. The van der Waals surface area contributed by atoms with Crippen LogP contribution in [0.15, 0.2) is 103 Å². The van der Waals surface area contributed by atoms with Crippen molar-refractivity contribution >= 4 is 28.6 Å². The Kier molecular flexibility index (Phi) is 4.07. The van der Waals surface area contributed by atoms with E-state index in [1.165, 1.54) is 0 Å². The van der Waals surface area contributed by atoms with Crippen molar-refractivity contribution < 1.29 is 9.59 Å². The van der Waals surface area contributed by atoms with Gasteiger partial charge in [-0.1, -0.05) is 72.8 Å². The molecule has 4 aromatic carbocycles. The molecule has 138 valence electrons. The van der Waals surface area contributed by atoms with E-state index in [1.807, 2.05) is 77.7 Å². The van der Waals surface area contributed by atoms with E-state index < -0.39 is 0 Å². The van der Waals surface area contributed by atoms with Crippen molar-refractivity contribution in [1.82, 2.24) is 0 Å². The van der Waals surface area contributed by atoms with E-state index in [0.29, 0.717) is 27.9 Å². The number of nitrogens with zero attached hydrogens (tertiary/aromatic N) is 1. The largest absolute Gasteiger partial charge is 0.310 e. The van der Waals surface area contributed by atoms with Gasteiger partial charge in [-0.05, 0) is 30.3 Å². The molecular weight excluding hydrogens is 358 g/mol. The number of ketones is 2. The first-order valence-corrected chi connectivity index (χ1v) is 9.47. The third-order valence-electron chi connectivity index (χ3n) is 5.20. The summed E-state index contributed by atoms with van der Waals surface area (Å²) >= 11 is 0. The second kappa shape index (κ2) is 6.88. The summed E-state index contributed by atoms with van der Waals surface area (Å²) in [5, 5.41) is 0. The normalized spacial score (nSPS) is 12.3. The molecule has 0 atom stereocenters. The molecule has 0 aliphatic heterocycles. The summed E-state index contributed by atoms with van der Waals surface area (Å²) in [6, 6.07) is 32.3. The lowest BCUT2D eigenvalue weighted by molar-refractivity contribution is 0.0979. The fraction of sp³-hybridized carbons (Fsp3) is 0. The van der Waals surface area contributed by atoms with Crippen LogP contribution in [0.25, 0.3) is 0 Å². The Morgan fingerprint density at radius 1 is 0.448 bits per heavy atom. The van der Waals surface area contributed by atoms with Crippen LogP contribution in [0.5, 0.6) is 0 Å². The molecule has 0 spiro atoms. The SMILES string of the molecule is O=C1c2ccccc2C(=O)c2c1cccc2N(c1ccccc1)c1ccccc1. The van der Waals surface area contributed by atoms with E-state index in [9.17, 15) is 9.59 Å². The van der Waals surface area contributed by atoms with Gasteiger partial charge in [-0.3, -0.25) is 9.59 Å². The van der Waals surface area contributed by atoms with E-state index in [4.69, 9.17) is 0 Å². The van der Waals surface area contributed by atoms with Gasteiger partial charge in [-0.2, -0.15) is 0 Å². The van der Waals surface area contributed by atoms with Crippen molar-refractivity contribution in [3.63, 3.8) is 0 Å². The van der Waals surface area contributed by atoms with Crippen LogP contribution in [0.1, 0.15) is 31.8 Å². The third-order valence-corrected chi connectivity index (χ3v) is 5.20. The van der Waals surface area contributed by atoms with E-state index in [1.54, 1.807) is 30.3 Å². The van der Waals surface area contributed by atoms with Gasteiger partial charge in [0.1, 0.15) is 0 Å². The minimum atomic E-state index is -0.123. The molecule has 0 fully saturated rings. The Hall–Kier alpha value is -3.98. The lowest BCUT2D eigenvalue weighted by Crippen LogP contribution is -2.24. The minimum Gasteiger partial charge on any atom is -0.310 e. The first-order chi connectivity index (χ1) is 14.3. The van der Waals surface area contributed by atoms with E-state index in [0.717, 1.165) is 11.4 Å². The van der Waals surface area contributed by atoms with Gasteiger partial charge in [-0.25, -0.2) is 0 Å². The zero-order chi connectivity index (χ0) is 19.8. The Morgan fingerprint density at radius 3 is 1.52 bits per heavy atom. The van der Waals surface area contributed by atoms with Gasteiger partial charge in [0.05, 0.1) is 11.3 Å². The molecule has 5 rings (SSSR count). The van der Waals surface area contributed by atoms with Crippen LogP contribution in [0.3, 0.4) is 0 Å². The first kappa shape index (κ1) is 17.1. The molecular formula is C26H17NO2. The molecule has 1 aliphatic rings. The average Bonchev–Trinajstić information content (AvgIpc) is 2.79. The van der Waals surface area contributed by atoms with Crippen molar-refractivity contribution in [3.05, 3.63) is 125 Å². The highest BCUT2D eigenvalue weighted by Crippen LogP contribution is 2.40. The molecule has 0 saturated heterocycles. The molecule has 0 aromatic heterocycles. The first-order valence-electron chi connectivity index (χ1n) is 9.47. The van der Waals surface area contributed by atoms with Gasteiger partial charge in [0, 0.05) is 28.1 Å². The van der Waals surface area contributed by atoms with Crippen molar-refractivity contribution in [2.45, 2.75) is 0 Å². The van der Waals surface area contributed by atoms with Crippen molar-refractivity contribution in [2.75, 3.05) is 4.90 Å². The molecule has 0 amide bonds. The van der Waals surface area contributed by atoms with Crippen molar-refractivity contribution in [2.24, 2.45) is 0 Å². The van der Waals surface area contributed by atoms with Crippen LogP contribution < -0.4 is 4.90 Å². The monoisotopic (exact) mass is 375 g/mol. The summed E-state index contributed by atoms with van der Waals surface area (Å²) in [6.45, 7) is 0. The number of fused-ring (bicyclic) bond motifs is 2. The predicted octanol–water partition coefficient (Wildman–Crippen LogP) is 5.93. The third kappa shape index (κ3) is 2.75. The van der Waals surface area contributed by atoms with Gasteiger partial charge in [-0.15, -0.1) is 0 Å². The molecule has 3 heteroatoms. The molecule has 0 radical (unpaired) electrons. The topological polar surface area (TPSA) is 37.4 Å². The highest BCUT2D eigenvalue weighted by atomic mass is 16.1. The van der Waals surface area contributed by atoms with E-state index >= 15 is 0 Å². The number of rotatable bonds is 3. The smallest absolute Gasteiger partial charge is 0.196 e. The Morgan fingerprint density at radius 2 is 0.931 bits per heavy atom. The van der Waals surface area contributed by atoms with Crippen molar-refractivity contribution in [3.8, 4) is 0 Å². The Balaban J connectivity index is 1.78. The number of hydrogen-bond acceptors (Lipinski definition) is 3. The number of anilines is 3. The highest BCUT2D eigenvalue weighted by molar-refractivity contribution is 6.30. The quantitative estimate of drug-likeness (QED) is 0.392. The maximum absolute atomic E-state index is 13.5. The van der Waals surface area contributed by atoms with Crippen LogP contribution in [-0.2, 0) is 0 Å². The molecule has 0 saturated carbocycles. The van der Waals surface area contributed by atoms with Crippen LogP contribution in [0.2, 0.25) is 0 Å². The molecule has 0 bridgehead atoms.